The average molecular weight is 164 g/mol. The summed E-state index contributed by atoms with van der Waals surface area (Å²) in [7, 11) is 0. The number of hydrogen-bond acceptors (Lipinski definition) is 3. The molecule has 3 heteroatoms. The van der Waals surface area contributed by atoms with Gasteiger partial charge in [-0.2, -0.15) is 0 Å². The molecule has 0 atom stereocenters. The lowest BCUT2D eigenvalue weighted by atomic mass is 10.1. The number of nitrogens with zero attached hydrogens (tertiary/aromatic N) is 2. The maximum atomic E-state index is 8.92. The van der Waals surface area contributed by atoms with Gasteiger partial charge in [-0.15, -0.1) is 0 Å². The Bertz CT molecular complexity index is 266. The molecule has 0 spiro atoms. The first-order valence-corrected chi connectivity index (χ1v) is 4.13. The number of fused-ring (bicyclic) bond motifs is 1. The largest absolute Gasteiger partial charge is 0.392 e. The van der Waals surface area contributed by atoms with Gasteiger partial charge in [0.2, 0.25) is 0 Å². The van der Waals surface area contributed by atoms with Crippen LogP contribution >= 0.6 is 0 Å². The van der Waals surface area contributed by atoms with E-state index in [0.717, 1.165) is 25.2 Å². The van der Waals surface area contributed by atoms with Crippen LogP contribution in [0.25, 0.3) is 0 Å². The van der Waals surface area contributed by atoms with Crippen LogP contribution in [0.3, 0.4) is 0 Å². The van der Waals surface area contributed by atoms with E-state index >= 15 is 0 Å². The van der Waals surface area contributed by atoms with Gasteiger partial charge < -0.3 is 10.0 Å². The summed E-state index contributed by atoms with van der Waals surface area (Å²) in [6, 6.07) is 0. The Morgan fingerprint density at radius 1 is 1.50 bits per heavy atom. The fourth-order valence-electron chi connectivity index (χ4n) is 1.47. The molecule has 0 aromatic heterocycles. The highest BCUT2D eigenvalue weighted by Crippen LogP contribution is 2.15. The van der Waals surface area contributed by atoms with Gasteiger partial charge in [0.05, 0.1) is 19.7 Å². The van der Waals surface area contributed by atoms with Crippen LogP contribution in [0, 0.1) is 0 Å². The van der Waals surface area contributed by atoms with Gasteiger partial charge in [0, 0.05) is 18.5 Å². The van der Waals surface area contributed by atoms with Crippen LogP contribution in [0.2, 0.25) is 0 Å². The van der Waals surface area contributed by atoms with Crippen molar-refractivity contribution in [3.63, 3.8) is 0 Å². The third-order valence-corrected chi connectivity index (χ3v) is 2.20. The van der Waals surface area contributed by atoms with E-state index in [1.807, 2.05) is 18.4 Å². The van der Waals surface area contributed by atoms with Crippen LogP contribution in [0.4, 0.5) is 0 Å². The van der Waals surface area contributed by atoms with E-state index in [2.05, 4.69) is 9.89 Å². The minimum absolute atomic E-state index is 0.164. The fourth-order valence-corrected chi connectivity index (χ4v) is 1.47. The van der Waals surface area contributed by atoms with E-state index in [-0.39, 0.29) is 6.61 Å². The molecule has 2 heterocycles. The normalized spacial score (nSPS) is 21.6. The molecule has 2 aliphatic rings. The van der Waals surface area contributed by atoms with Crippen LogP contribution < -0.4 is 0 Å². The third kappa shape index (κ3) is 1.28. The first-order valence-electron chi connectivity index (χ1n) is 4.13. The average Bonchev–Trinajstić information content (AvgIpc) is 2.17. The lowest BCUT2D eigenvalue weighted by Crippen LogP contribution is -2.33. The Morgan fingerprint density at radius 2 is 2.42 bits per heavy atom. The van der Waals surface area contributed by atoms with E-state index < -0.39 is 0 Å². The van der Waals surface area contributed by atoms with Crippen LogP contribution in [-0.2, 0) is 0 Å². The maximum absolute atomic E-state index is 8.92. The zero-order valence-electron chi connectivity index (χ0n) is 6.90. The molecule has 64 valence electrons. The molecule has 2 aliphatic heterocycles. The molecule has 0 saturated carbocycles. The van der Waals surface area contributed by atoms with Crippen molar-refractivity contribution in [1.82, 2.24) is 4.90 Å². The quantitative estimate of drug-likeness (QED) is 0.600. The summed E-state index contributed by atoms with van der Waals surface area (Å²) in [5.74, 6) is 0. The third-order valence-electron chi connectivity index (χ3n) is 2.20. The van der Waals surface area contributed by atoms with E-state index in [9.17, 15) is 0 Å². The summed E-state index contributed by atoms with van der Waals surface area (Å²) in [4.78, 5) is 6.42. The Balaban J connectivity index is 2.17. The monoisotopic (exact) mass is 164 g/mol. The molecular weight excluding hydrogens is 152 g/mol. The minimum Gasteiger partial charge on any atom is -0.392 e. The molecule has 1 N–H and O–H groups in total. The van der Waals surface area contributed by atoms with Crippen LogP contribution in [0.1, 0.15) is 0 Å². The Kier molecular flexibility index (Phi) is 1.96. The number of aliphatic imine (C=N–C) groups is 1. The van der Waals surface area contributed by atoms with Crippen molar-refractivity contribution in [3.8, 4) is 0 Å². The lowest BCUT2D eigenvalue weighted by molar-refractivity contribution is 0.306. The van der Waals surface area contributed by atoms with Crippen molar-refractivity contribution in [2.45, 2.75) is 0 Å². The Morgan fingerprint density at radius 3 is 3.25 bits per heavy atom. The first-order chi connectivity index (χ1) is 5.90. The summed E-state index contributed by atoms with van der Waals surface area (Å²) in [5.41, 5.74) is 2.34. The second-order valence-electron chi connectivity index (χ2n) is 3.04. The number of aliphatic hydroxyl groups excluding tert-OH is 1. The molecule has 0 saturated heterocycles. The van der Waals surface area contributed by atoms with Crippen LogP contribution in [0.15, 0.2) is 28.4 Å². The lowest BCUT2D eigenvalue weighted by Gasteiger charge is -2.31. The summed E-state index contributed by atoms with van der Waals surface area (Å²) in [6.45, 7) is 2.68. The molecule has 2 rings (SSSR count). The highest BCUT2D eigenvalue weighted by Gasteiger charge is 2.15. The summed E-state index contributed by atoms with van der Waals surface area (Å²) < 4.78 is 0. The highest BCUT2D eigenvalue weighted by atomic mass is 16.3. The van der Waals surface area contributed by atoms with Gasteiger partial charge in [0.25, 0.3) is 0 Å². The standard InChI is InChI=1S/C9H12N2O/c12-7-8-1-2-9-5-10-3-4-11(9)6-8/h1-3,12H,4-7H2. The number of allylic oxidation sites excluding steroid dienone is 2. The van der Waals surface area contributed by atoms with Gasteiger partial charge in [0.1, 0.15) is 0 Å². The molecule has 0 aliphatic carbocycles. The van der Waals surface area contributed by atoms with E-state index in [1.165, 1.54) is 5.70 Å². The topological polar surface area (TPSA) is 35.8 Å². The zero-order chi connectivity index (χ0) is 8.39. The van der Waals surface area contributed by atoms with Crippen molar-refractivity contribution < 1.29 is 5.11 Å². The summed E-state index contributed by atoms with van der Waals surface area (Å²) in [5, 5.41) is 8.92. The summed E-state index contributed by atoms with van der Waals surface area (Å²) >= 11 is 0. The molecule has 0 amide bonds. The van der Waals surface area contributed by atoms with Crippen molar-refractivity contribution >= 4 is 6.21 Å². The predicted molar refractivity (Wildman–Crippen MR) is 48.2 cm³/mol. The van der Waals surface area contributed by atoms with E-state index in [0.29, 0.717) is 0 Å². The summed E-state index contributed by atoms with van der Waals surface area (Å²) in [6.07, 6.45) is 5.97. The van der Waals surface area contributed by atoms with Crippen molar-refractivity contribution in [2.24, 2.45) is 4.99 Å². The Labute approximate surface area is 71.7 Å². The van der Waals surface area contributed by atoms with Gasteiger partial charge >= 0.3 is 0 Å². The van der Waals surface area contributed by atoms with Crippen LogP contribution in [0.5, 0.6) is 0 Å². The van der Waals surface area contributed by atoms with Crippen LogP contribution in [-0.4, -0.2) is 42.5 Å². The fraction of sp³-hybridized carbons (Fsp3) is 0.444. The molecule has 0 unspecified atom stereocenters. The SMILES string of the molecule is OCC1=CC=C2CN=CCN2C1. The first kappa shape index (κ1) is 7.55. The van der Waals surface area contributed by atoms with Crippen molar-refractivity contribution in [2.75, 3.05) is 26.2 Å². The maximum Gasteiger partial charge on any atom is 0.0785 e. The molecular formula is C9H12N2O. The molecule has 0 aromatic carbocycles. The van der Waals surface area contributed by atoms with Gasteiger partial charge in [-0.3, -0.25) is 4.99 Å². The van der Waals surface area contributed by atoms with Gasteiger partial charge in [0.15, 0.2) is 0 Å². The van der Waals surface area contributed by atoms with Gasteiger partial charge in [-0.1, -0.05) is 6.08 Å². The Hall–Kier alpha value is -1.09. The van der Waals surface area contributed by atoms with E-state index in [4.69, 9.17) is 5.11 Å². The van der Waals surface area contributed by atoms with Crippen molar-refractivity contribution in [3.05, 3.63) is 23.4 Å². The second kappa shape index (κ2) is 3.11. The van der Waals surface area contributed by atoms with Crippen molar-refractivity contribution in [1.29, 1.82) is 0 Å². The number of rotatable bonds is 1. The van der Waals surface area contributed by atoms with E-state index in [1.54, 1.807) is 0 Å². The predicted octanol–water partition coefficient (Wildman–Crippen LogP) is 0.189. The number of aliphatic hydroxyl groups is 1. The zero-order valence-corrected chi connectivity index (χ0v) is 6.90. The molecule has 0 aromatic rings. The smallest absolute Gasteiger partial charge is 0.0785 e. The molecule has 3 nitrogen and oxygen atoms in total. The van der Waals surface area contributed by atoms with Gasteiger partial charge in [-0.25, -0.2) is 0 Å². The molecule has 0 fully saturated rings. The second-order valence-corrected chi connectivity index (χ2v) is 3.04. The number of hydrogen-bond donors (Lipinski definition) is 1. The molecule has 0 radical (unpaired) electrons. The highest BCUT2D eigenvalue weighted by molar-refractivity contribution is 5.62. The minimum atomic E-state index is 0.164. The molecule has 0 bridgehead atoms. The van der Waals surface area contributed by atoms with Gasteiger partial charge in [-0.05, 0) is 11.6 Å². The molecule has 12 heavy (non-hydrogen) atoms.